The number of benzene rings is 1. The van der Waals surface area contributed by atoms with Crippen molar-refractivity contribution in [3.05, 3.63) is 36.0 Å². The van der Waals surface area contributed by atoms with E-state index in [1.807, 2.05) is 24.3 Å². The van der Waals surface area contributed by atoms with Gasteiger partial charge in [-0.2, -0.15) is 0 Å². The number of carbonyl (C=O) groups is 1. The van der Waals surface area contributed by atoms with Crippen LogP contribution in [-0.4, -0.2) is 54.3 Å². The van der Waals surface area contributed by atoms with Crippen molar-refractivity contribution in [2.24, 2.45) is 0 Å². The second-order valence-corrected chi connectivity index (χ2v) is 4.90. The van der Waals surface area contributed by atoms with Gasteiger partial charge in [-0.05, 0) is 5.39 Å². The van der Waals surface area contributed by atoms with Gasteiger partial charge in [-0.25, -0.2) is 4.98 Å². The Morgan fingerprint density at radius 2 is 2.10 bits per heavy atom. The number of amides is 1. The van der Waals surface area contributed by atoms with E-state index in [1.54, 1.807) is 7.05 Å². The first kappa shape index (κ1) is 15.2. The van der Waals surface area contributed by atoms with E-state index in [0.29, 0.717) is 11.4 Å². The fourth-order valence-corrected chi connectivity index (χ4v) is 2.23. The number of nitrogen functional groups attached to an aromatic ring is 1. The molecule has 1 aromatic heterocycles. The number of nitrogens with two attached hydrogens (primary N) is 1. The molecule has 2 aromatic rings. The van der Waals surface area contributed by atoms with Crippen LogP contribution in [0.2, 0.25) is 0 Å². The number of methoxy groups -OCH3 is 1. The van der Waals surface area contributed by atoms with Crippen LogP contribution in [0.25, 0.3) is 10.8 Å². The number of aliphatic hydroxyl groups is 1. The van der Waals surface area contributed by atoms with E-state index >= 15 is 0 Å². The van der Waals surface area contributed by atoms with E-state index in [2.05, 4.69) is 4.98 Å². The molecule has 2 rings (SSSR count). The van der Waals surface area contributed by atoms with Crippen molar-refractivity contribution >= 4 is 22.5 Å². The lowest BCUT2D eigenvalue weighted by molar-refractivity contribution is 0.0381. The number of hydrogen-bond donors (Lipinski definition) is 2. The summed E-state index contributed by atoms with van der Waals surface area (Å²) in [7, 11) is 3.13. The van der Waals surface area contributed by atoms with Gasteiger partial charge in [-0.3, -0.25) is 4.79 Å². The quantitative estimate of drug-likeness (QED) is 0.853. The number of rotatable bonds is 5. The highest BCUT2D eigenvalue weighted by Gasteiger charge is 2.18. The summed E-state index contributed by atoms with van der Waals surface area (Å²) in [6, 6.07) is 7.35. The van der Waals surface area contributed by atoms with E-state index in [0.717, 1.165) is 10.8 Å². The van der Waals surface area contributed by atoms with E-state index in [-0.39, 0.29) is 19.1 Å². The summed E-state index contributed by atoms with van der Waals surface area (Å²) in [5.41, 5.74) is 6.29. The molecule has 0 bridgehead atoms. The normalized spacial score (nSPS) is 12.3. The highest BCUT2D eigenvalue weighted by Crippen LogP contribution is 2.23. The molecular weight excluding hydrogens is 270 g/mol. The van der Waals surface area contributed by atoms with Crippen molar-refractivity contribution in [2.75, 3.05) is 33.0 Å². The van der Waals surface area contributed by atoms with Crippen molar-refractivity contribution in [1.82, 2.24) is 9.88 Å². The van der Waals surface area contributed by atoms with Gasteiger partial charge in [0.2, 0.25) is 0 Å². The molecule has 112 valence electrons. The molecule has 1 amide bonds. The standard InChI is InChI=1S/C15H19N3O3/c1-18(8-10(19)9-21-2)15(20)13-7-17-14(16)12-6-4-3-5-11(12)13/h3-7,10,19H,8-9H2,1-2H3,(H2,16,17). The molecule has 6 heteroatoms. The van der Waals surface area contributed by atoms with Crippen LogP contribution in [-0.2, 0) is 4.74 Å². The first-order valence-corrected chi connectivity index (χ1v) is 6.60. The summed E-state index contributed by atoms with van der Waals surface area (Å²) in [5.74, 6) is 0.179. The lowest BCUT2D eigenvalue weighted by atomic mass is 10.1. The van der Waals surface area contributed by atoms with Crippen LogP contribution in [0.3, 0.4) is 0 Å². The fourth-order valence-electron chi connectivity index (χ4n) is 2.23. The van der Waals surface area contributed by atoms with Crippen LogP contribution >= 0.6 is 0 Å². The summed E-state index contributed by atoms with van der Waals surface area (Å²) in [6.45, 7) is 0.365. The number of likely N-dealkylation sites (N-methyl/N-ethyl adjacent to an activating group) is 1. The third kappa shape index (κ3) is 3.29. The van der Waals surface area contributed by atoms with Gasteiger partial charge in [0.25, 0.3) is 5.91 Å². The number of aliphatic hydroxyl groups excluding tert-OH is 1. The van der Waals surface area contributed by atoms with Gasteiger partial charge in [0, 0.05) is 32.3 Å². The maximum absolute atomic E-state index is 12.5. The molecule has 0 aliphatic rings. The summed E-state index contributed by atoms with van der Waals surface area (Å²) in [4.78, 5) is 18.0. The smallest absolute Gasteiger partial charge is 0.255 e. The third-order valence-corrected chi connectivity index (χ3v) is 3.25. The molecule has 3 N–H and O–H groups in total. The molecule has 1 atom stereocenters. The summed E-state index contributed by atoms with van der Waals surface area (Å²) in [6.07, 6.45) is 0.746. The van der Waals surface area contributed by atoms with Crippen molar-refractivity contribution in [3.8, 4) is 0 Å². The molecular formula is C15H19N3O3. The van der Waals surface area contributed by atoms with Gasteiger partial charge in [0.15, 0.2) is 0 Å². The predicted octanol–water partition coefficient (Wildman–Crippen LogP) is 0.896. The Kier molecular flexibility index (Phi) is 4.72. The topological polar surface area (TPSA) is 88.7 Å². The molecule has 0 saturated carbocycles. The maximum atomic E-state index is 12.5. The lowest BCUT2D eigenvalue weighted by Crippen LogP contribution is -2.36. The van der Waals surface area contributed by atoms with Crippen molar-refractivity contribution in [2.45, 2.75) is 6.10 Å². The summed E-state index contributed by atoms with van der Waals surface area (Å²) >= 11 is 0. The first-order valence-electron chi connectivity index (χ1n) is 6.60. The summed E-state index contributed by atoms with van der Waals surface area (Å²) < 4.78 is 4.86. The molecule has 0 aliphatic heterocycles. The lowest BCUT2D eigenvalue weighted by Gasteiger charge is -2.21. The highest BCUT2D eigenvalue weighted by molar-refractivity contribution is 6.08. The Hall–Kier alpha value is -2.18. The molecule has 1 unspecified atom stereocenters. The van der Waals surface area contributed by atoms with Gasteiger partial charge >= 0.3 is 0 Å². The van der Waals surface area contributed by atoms with E-state index in [1.165, 1.54) is 18.2 Å². The van der Waals surface area contributed by atoms with Crippen LogP contribution < -0.4 is 5.73 Å². The zero-order chi connectivity index (χ0) is 15.4. The number of nitrogens with zero attached hydrogens (tertiary/aromatic N) is 2. The van der Waals surface area contributed by atoms with E-state index in [9.17, 15) is 9.90 Å². The van der Waals surface area contributed by atoms with Crippen molar-refractivity contribution < 1.29 is 14.6 Å². The second kappa shape index (κ2) is 6.51. The number of fused-ring (bicyclic) bond motifs is 1. The Balaban J connectivity index is 2.29. The molecule has 0 fully saturated rings. The number of hydrogen-bond acceptors (Lipinski definition) is 5. The maximum Gasteiger partial charge on any atom is 0.255 e. The second-order valence-electron chi connectivity index (χ2n) is 4.90. The molecule has 21 heavy (non-hydrogen) atoms. The van der Waals surface area contributed by atoms with E-state index < -0.39 is 6.10 Å². The Labute approximate surface area is 123 Å². The average Bonchev–Trinajstić information content (AvgIpc) is 2.47. The van der Waals surface area contributed by atoms with Gasteiger partial charge < -0.3 is 20.5 Å². The highest BCUT2D eigenvalue weighted by atomic mass is 16.5. The molecule has 0 saturated heterocycles. The number of anilines is 1. The molecule has 0 spiro atoms. The number of carbonyl (C=O) groups excluding carboxylic acids is 1. The Morgan fingerprint density at radius 1 is 1.43 bits per heavy atom. The van der Waals surface area contributed by atoms with Crippen molar-refractivity contribution in [1.29, 1.82) is 0 Å². The third-order valence-electron chi connectivity index (χ3n) is 3.25. The van der Waals surface area contributed by atoms with Crippen LogP contribution in [0.4, 0.5) is 5.82 Å². The first-order chi connectivity index (χ1) is 10.0. The van der Waals surface area contributed by atoms with Crippen LogP contribution in [0.1, 0.15) is 10.4 Å². The molecule has 6 nitrogen and oxygen atoms in total. The number of ether oxygens (including phenoxy) is 1. The Morgan fingerprint density at radius 3 is 2.76 bits per heavy atom. The van der Waals surface area contributed by atoms with Crippen LogP contribution in [0, 0.1) is 0 Å². The van der Waals surface area contributed by atoms with Gasteiger partial charge in [-0.15, -0.1) is 0 Å². The summed E-state index contributed by atoms with van der Waals surface area (Å²) in [5, 5.41) is 11.2. The zero-order valence-corrected chi connectivity index (χ0v) is 12.1. The average molecular weight is 289 g/mol. The monoisotopic (exact) mass is 289 g/mol. The van der Waals surface area contributed by atoms with E-state index in [4.69, 9.17) is 10.5 Å². The minimum absolute atomic E-state index is 0.179. The zero-order valence-electron chi connectivity index (χ0n) is 12.1. The molecule has 0 radical (unpaired) electrons. The fraction of sp³-hybridized carbons (Fsp3) is 0.333. The van der Waals surface area contributed by atoms with Crippen molar-refractivity contribution in [3.63, 3.8) is 0 Å². The van der Waals surface area contributed by atoms with Crippen LogP contribution in [0.5, 0.6) is 0 Å². The predicted molar refractivity (Wildman–Crippen MR) is 81.0 cm³/mol. The number of aromatic nitrogens is 1. The minimum atomic E-state index is -0.725. The molecule has 0 aliphatic carbocycles. The largest absolute Gasteiger partial charge is 0.389 e. The van der Waals surface area contributed by atoms with Gasteiger partial charge in [0.1, 0.15) is 5.82 Å². The van der Waals surface area contributed by atoms with Gasteiger partial charge in [-0.1, -0.05) is 24.3 Å². The van der Waals surface area contributed by atoms with Crippen LogP contribution in [0.15, 0.2) is 30.5 Å². The SMILES string of the molecule is COCC(O)CN(C)C(=O)c1cnc(N)c2ccccc12. The van der Waals surface area contributed by atoms with Gasteiger partial charge in [0.05, 0.1) is 18.3 Å². The number of pyridine rings is 1. The molecule has 1 heterocycles. The Bertz CT molecular complexity index is 645. The minimum Gasteiger partial charge on any atom is -0.389 e. The molecule has 1 aromatic carbocycles.